The van der Waals surface area contributed by atoms with Crippen LogP contribution in [0.4, 0.5) is 4.39 Å². The van der Waals surface area contributed by atoms with Crippen molar-refractivity contribution < 1.29 is 19.3 Å². The quantitative estimate of drug-likeness (QED) is 0.564. The average Bonchev–Trinajstić information content (AvgIpc) is 3.23. The number of H-pyrrole nitrogens is 1. The van der Waals surface area contributed by atoms with E-state index in [1.165, 1.54) is 25.4 Å². The van der Waals surface area contributed by atoms with E-state index in [2.05, 4.69) is 27.0 Å². The molecule has 1 aromatic carbocycles. The maximum absolute atomic E-state index is 14.0. The Bertz CT molecular complexity index is 1180. The van der Waals surface area contributed by atoms with Crippen LogP contribution in [0.2, 0.25) is 0 Å². The van der Waals surface area contributed by atoms with Crippen molar-refractivity contribution in [2.75, 3.05) is 33.4 Å². The van der Waals surface area contributed by atoms with Crippen LogP contribution in [-0.4, -0.2) is 64.5 Å². The van der Waals surface area contributed by atoms with Gasteiger partial charge >= 0.3 is 0 Å². The van der Waals surface area contributed by atoms with Gasteiger partial charge in [0.15, 0.2) is 0 Å². The molecule has 160 valence electrons. The highest BCUT2D eigenvalue weighted by Crippen LogP contribution is 2.38. The van der Waals surface area contributed by atoms with Gasteiger partial charge in [-0.2, -0.15) is 5.26 Å². The first-order valence-electron chi connectivity index (χ1n) is 10.0. The minimum atomic E-state index is -0.750. The summed E-state index contributed by atoms with van der Waals surface area (Å²) in [6.07, 6.45) is 3.57. The van der Waals surface area contributed by atoms with Crippen molar-refractivity contribution in [3.05, 3.63) is 53.6 Å². The number of halogens is 1. The number of rotatable bonds is 6. The minimum absolute atomic E-state index is 0.256. The Hall–Kier alpha value is -3.25. The van der Waals surface area contributed by atoms with E-state index in [0.717, 1.165) is 29.6 Å². The van der Waals surface area contributed by atoms with Gasteiger partial charge in [-0.1, -0.05) is 6.08 Å². The van der Waals surface area contributed by atoms with E-state index in [0.29, 0.717) is 41.2 Å². The van der Waals surface area contributed by atoms with Crippen molar-refractivity contribution in [1.82, 2.24) is 14.9 Å². The second-order valence-corrected chi connectivity index (χ2v) is 7.52. The number of aliphatic hydroxyl groups excluding tert-OH is 2. The number of ether oxygens (including phenoxy) is 1. The first-order chi connectivity index (χ1) is 15.0. The molecule has 3 heterocycles. The molecule has 1 aliphatic heterocycles. The molecular formula is C23H23FN4O3. The van der Waals surface area contributed by atoms with E-state index in [-0.39, 0.29) is 6.61 Å². The molecule has 0 bridgehead atoms. The Labute approximate surface area is 179 Å². The highest BCUT2D eigenvalue weighted by atomic mass is 19.1. The Kier molecular flexibility index (Phi) is 6.00. The number of nitrogens with one attached hydrogen (secondary N) is 1. The van der Waals surface area contributed by atoms with Crippen LogP contribution in [0.15, 0.2) is 36.5 Å². The van der Waals surface area contributed by atoms with Crippen LogP contribution < -0.4 is 4.74 Å². The number of hydrogen-bond donors (Lipinski definition) is 3. The number of fused-ring (bicyclic) bond motifs is 1. The van der Waals surface area contributed by atoms with Crippen LogP contribution in [0.3, 0.4) is 0 Å². The maximum Gasteiger partial charge on any atom is 0.138 e. The number of nitriles is 1. The first-order valence-corrected chi connectivity index (χ1v) is 10.0. The van der Waals surface area contributed by atoms with Crippen molar-refractivity contribution in [1.29, 1.82) is 5.26 Å². The summed E-state index contributed by atoms with van der Waals surface area (Å²) in [5.74, 6) is 0.0590. The van der Waals surface area contributed by atoms with E-state index in [4.69, 9.17) is 9.84 Å². The molecule has 0 saturated carbocycles. The van der Waals surface area contributed by atoms with Crippen LogP contribution >= 0.6 is 0 Å². The monoisotopic (exact) mass is 422 g/mol. The SMILES string of the molecule is COc1ccc(F)cc1-c1c(C#N)cnc2[nH]c(C3=CCN(CC(O)CO)CC3)cc12. The van der Waals surface area contributed by atoms with Crippen LogP contribution in [0.25, 0.3) is 27.7 Å². The average molecular weight is 422 g/mol. The lowest BCUT2D eigenvalue weighted by molar-refractivity contribution is 0.0623. The molecule has 0 spiro atoms. The number of nitrogens with zero attached hydrogens (tertiary/aromatic N) is 3. The summed E-state index contributed by atoms with van der Waals surface area (Å²) in [7, 11) is 1.51. The van der Waals surface area contributed by atoms with E-state index in [1.807, 2.05) is 6.07 Å². The van der Waals surface area contributed by atoms with Gasteiger partial charge in [-0.15, -0.1) is 0 Å². The Morgan fingerprint density at radius 2 is 2.23 bits per heavy atom. The van der Waals surface area contributed by atoms with E-state index in [1.54, 1.807) is 6.07 Å². The third-order valence-corrected chi connectivity index (χ3v) is 5.53. The van der Waals surface area contributed by atoms with Gasteiger partial charge in [-0.25, -0.2) is 9.37 Å². The van der Waals surface area contributed by atoms with Crippen molar-refractivity contribution in [3.63, 3.8) is 0 Å². The molecular weight excluding hydrogens is 399 g/mol. The second kappa shape index (κ2) is 8.86. The van der Waals surface area contributed by atoms with E-state index in [9.17, 15) is 14.8 Å². The highest BCUT2D eigenvalue weighted by Gasteiger charge is 2.21. The summed E-state index contributed by atoms with van der Waals surface area (Å²) >= 11 is 0. The van der Waals surface area contributed by atoms with Gasteiger partial charge in [0.2, 0.25) is 0 Å². The lowest BCUT2D eigenvalue weighted by atomic mass is 9.97. The number of hydrogen-bond acceptors (Lipinski definition) is 6. The zero-order valence-electron chi connectivity index (χ0n) is 17.1. The predicted molar refractivity (Wildman–Crippen MR) is 115 cm³/mol. The number of β-amino-alcohol motifs (C(OH)–C–C–N with tert-alkyl or cyclic N) is 1. The Balaban J connectivity index is 1.75. The molecule has 1 atom stereocenters. The lowest BCUT2D eigenvalue weighted by Gasteiger charge is -2.27. The molecule has 0 amide bonds. The molecule has 4 rings (SSSR count). The topological polar surface area (TPSA) is 105 Å². The summed E-state index contributed by atoms with van der Waals surface area (Å²) < 4.78 is 19.5. The second-order valence-electron chi connectivity index (χ2n) is 7.52. The predicted octanol–water partition coefficient (Wildman–Crippen LogP) is 2.69. The van der Waals surface area contributed by atoms with Crippen molar-refractivity contribution in [2.24, 2.45) is 0 Å². The van der Waals surface area contributed by atoms with Crippen molar-refractivity contribution in [2.45, 2.75) is 12.5 Å². The van der Waals surface area contributed by atoms with Gasteiger partial charge in [0.25, 0.3) is 0 Å². The number of benzene rings is 1. The molecule has 2 aromatic heterocycles. The molecule has 0 saturated heterocycles. The molecule has 3 aromatic rings. The molecule has 1 aliphatic rings. The number of aromatic amines is 1. The van der Waals surface area contributed by atoms with Gasteiger partial charge in [0.05, 0.1) is 25.4 Å². The van der Waals surface area contributed by atoms with Gasteiger partial charge in [-0.05, 0) is 36.3 Å². The normalized spacial score (nSPS) is 15.5. The number of aliphatic hydroxyl groups is 2. The highest BCUT2D eigenvalue weighted by molar-refractivity contribution is 5.99. The summed E-state index contributed by atoms with van der Waals surface area (Å²) in [6.45, 7) is 1.57. The smallest absolute Gasteiger partial charge is 0.138 e. The molecule has 0 aliphatic carbocycles. The minimum Gasteiger partial charge on any atom is -0.496 e. The summed E-state index contributed by atoms with van der Waals surface area (Å²) in [5, 5.41) is 29.1. The van der Waals surface area contributed by atoms with Gasteiger partial charge < -0.3 is 19.9 Å². The van der Waals surface area contributed by atoms with Crippen molar-refractivity contribution >= 4 is 16.6 Å². The number of pyridine rings is 1. The zero-order chi connectivity index (χ0) is 22.0. The maximum atomic E-state index is 14.0. The number of methoxy groups -OCH3 is 1. The molecule has 0 radical (unpaired) electrons. The molecule has 8 heteroatoms. The largest absolute Gasteiger partial charge is 0.496 e. The molecule has 31 heavy (non-hydrogen) atoms. The standard InChI is InChI=1S/C23H23FN4O3/c1-31-21-3-2-16(24)8-18(21)22-15(10-25)11-26-23-19(22)9-20(27-23)14-4-6-28(7-5-14)12-17(30)13-29/h2-4,8-9,11,17,29-30H,5-7,12-13H2,1H3,(H,26,27). The Morgan fingerprint density at radius 1 is 1.39 bits per heavy atom. The summed E-state index contributed by atoms with van der Waals surface area (Å²) in [4.78, 5) is 9.77. The zero-order valence-corrected chi connectivity index (χ0v) is 17.1. The summed E-state index contributed by atoms with van der Waals surface area (Å²) in [5.41, 5.74) is 4.01. The molecule has 7 nitrogen and oxygen atoms in total. The fraction of sp³-hybridized carbons (Fsp3) is 0.304. The molecule has 3 N–H and O–H groups in total. The Morgan fingerprint density at radius 3 is 2.90 bits per heavy atom. The van der Waals surface area contributed by atoms with Gasteiger partial charge in [0, 0.05) is 48.0 Å². The molecule has 1 unspecified atom stereocenters. The van der Waals surface area contributed by atoms with Gasteiger partial charge in [0.1, 0.15) is 23.3 Å². The van der Waals surface area contributed by atoms with Crippen LogP contribution in [0.1, 0.15) is 17.7 Å². The first kappa shape index (κ1) is 21.0. The van der Waals surface area contributed by atoms with E-state index < -0.39 is 11.9 Å². The fourth-order valence-electron chi connectivity index (χ4n) is 3.98. The van der Waals surface area contributed by atoms with Crippen LogP contribution in [-0.2, 0) is 0 Å². The fourth-order valence-corrected chi connectivity index (χ4v) is 3.98. The van der Waals surface area contributed by atoms with Crippen LogP contribution in [0.5, 0.6) is 5.75 Å². The van der Waals surface area contributed by atoms with Crippen molar-refractivity contribution in [3.8, 4) is 22.9 Å². The third kappa shape index (κ3) is 4.16. The number of aromatic nitrogens is 2. The van der Waals surface area contributed by atoms with Gasteiger partial charge in [-0.3, -0.25) is 4.90 Å². The van der Waals surface area contributed by atoms with E-state index >= 15 is 0 Å². The third-order valence-electron chi connectivity index (χ3n) is 5.53. The van der Waals surface area contributed by atoms with Crippen LogP contribution in [0, 0.1) is 17.1 Å². The lowest BCUT2D eigenvalue weighted by Crippen LogP contribution is -2.37. The molecule has 0 fully saturated rings. The summed E-state index contributed by atoms with van der Waals surface area (Å²) in [6, 6.07) is 8.33.